The fourth-order valence-electron chi connectivity index (χ4n) is 3.32. The van der Waals surface area contributed by atoms with Gasteiger partial charge in [-0.25, -0.2) is 4.39 Å². The number of nitrogens with zero attached hydrogens (tertiary/aromatic N) is 2. The molecule has 0 radical (unpaired) electrons. The van der Waals surface area contributed by atoms with E-state index in [0.29, 0.717) is 38.5 Å². The molecule has 0 bridgehead atoms. The molecule has 0 saturated carbocycles. The van der Waals surface area contributed by atoms with Gasteiger partial charge in [-0.2, -0.15) is 0 Å². The van der Waals surface area contributed by atoms with Gasteiger partial charge in [0, 0.05) is 19.6 Å². The number of halogens is 1. The molecular weight excluding hydrogens is 381 g/mol. The van der Waals surface area contributed by atoms with E-state index in [1.807, 2.05) is 28.1 Å². The summed E-state index contributed by atoms with van der Waals surface area (Å²) in [5.74, 6) is -0.753. The molecule has 0 spiro atoms. The number of aromatic nitrogens is 1. The van der Waals surface area contributed by atoms with Crippen LogP contribution in [-0.4, -0.2) is 54.1 Å². The van der Waals surface area contributed by atoms with Crippen molar-refractivity contribution in [2.24, 2.45) is 0 Å². The van der Waals surface area contributed by atoms with Crippen molar-refractivity contribution in [3.8, 4) is 0 Å². The van der Waals surface area contributed by atoms with Gasteiger partial charge in [0.1, 0.15) is 11.5 Å². The third kappa shape index (κ3) is 3.93. The Hall–Kier alpha value is -2.71. The van der Waals surface area contributed by atoms with E-state index in [-0.39, 0.29) is 24.2 Å². The molecule has 1 fully saturated rings. The summed E-state index contributed by atoms with van der Waals surface area (Å²) in [5, 5.41) is 4.68. The number of morpholine rings is 1. The minimum atomic E-state index is -0.318. The Balaban J connectivity index is 1.51. The Morgan fingerprint density at radius 3 is 2.79 bits per heavy atom. The summed E-state index contributed by atoms with van der Waals surface area (Å²) in [7, 11) is 0. The van der Waals surface area contributed by atoms with Gasteiger partial charge in [0.25, 0.3) is 5.91 Å². The second kappa shape index (κ2) is 8.12. The Kier molecular flexibility index (Phi) is 5.40. The molecule has 0 unspecified atom stereocenters. The molecule has 1 aliphatic heterocycles. The average Bonchev–Trinajstić information content (AvgIpc) is 3.29. The number of benzene rings is 1. The minimum Gasteiger partial charge on any atom is -0.378 e. The SMILES string of the molecule is O=C(NCC(=O)N1CCOCC1)c1cc2sccc2n1Cc1cccc(F)c1. The lowest BCUT2D eigenvalue weighted by Gasteiger charge is -2.26. The summed E-state index contributed by atoms with van der Waals surface area (Å²) in [5.41, 5.74) is 2.14. The number of carbonyl (C=O) groups is 2. The molecule has 146 valence electrons. The van der Waals surface area contributed by atoms with E-state index in [0.717, 1.165) is 15.8 Å². The Morgan fingerprint density at radius 2 is 2.00 bits per heavy atom. The lowest BCUT2D eigenvalue weighted by atomic mass is 10.2. The Labute approximate surface area is 165 Å². The molecule has 1 aliphatic rings. The van der Waals surface area contributed by atoms with Crippen LogP contribution in [0.4, 0.5) is 4.39 Å². The number of rotatable bonds is 5. The van der Waals surface area contributed by atoms with Crippen LogP contribution in [0.15, 0.2) is 41.8 Å². The van der Waals surface area contributed by atoms with Crippen LogP contribution in [0.3, 0.4) is 0 Å². The van der Waals surface area contributed by atoms with Gasteiger partial charge >= 0.3 is 0 Å². The number of amides is 2. The van der Waals surface area contributed by atoms with Crippen molar-refractivity contribution in [3.63, 3.8) is 0 Å². The molecule has 4 rings (SSSR count). The summed E-state index contributed by atoms with van der Waals surface area (Å²) in [6.45, 7) is 2.44. The van der Waals surface area contributed by atoms with Gasteiger partial charge in [-0.05, 0) is 35.2 Å². The highest BCUT2D eigenvalue weighted by Gasteiger charge is 2.20. The summed E-state index contributed by atoms with van der Waals surface area (Å²) in [6, 6.07) is 10.1. The van der Waals surface area contributed by atoms with Gasteiger partial charge < -0.3 is 19.5 Å². The first kappa shape index (κ1) is 18.6. The zero-order chi connectivity index (χ0) is 19.5. The van der Waals surface area contributed by atoms with E-state index < -0.39 is 0 Å². The fraction of sp³-hybridized carbons (Fsp3) is 0.300. The third-order valence-electron chi connectivity index (χ3n) is 4.75. The highest BCUT2D eigenvalue weighted by atomic mass is 32.1. The van der Waals surface area contributed by atoms with Gasteiger partial charge in [-0.1, -0.05) is 12.1 Å². The van der Waals surface area contributed by atoms with Crippen LogP contribution in [0.1, 0.15) is 16.1 Å². The number of nitrogens with one attached hydrogen (secondary N) is 1. The molecule has 0 atom stereocenters. The molecule has 3 heterocycles. The van der Waals surface area contributed by atoms with Gasteiger partial charge in [-0.15, -0.1) is 11.3 Å². The quantitative estimate of drug-likeness (QED) is 0.715. The average molecular weight is 401 g/mol. The first-order chi connectivity index (χ1) is 13.6. The van der Waals surface area contributed by atoms with Crippen molar-refractivity contribution >= 4 is 33.4 Å². The van der Waals surface area contributed by atoms with Gasteiger partial charge in [0.2, 0.25) is 5.91 Å². The van der Waals surface area contributed by atoms with Crippen molar-refractivity contribution in [1.82, 2.24) is 14.8 Å². The van der Waals surface area contributed by atoms with Gasteiger partial charge in [-0.3, -0.25) is 9.59 Å². The molecule has 2 aromatic heterocycles. The predicted octanol–water partition coefficient (Wildman–Crippen LogP) is 2.48. The summed E-state index contributed by atoms with van der Waals surface area (Å²) in [6.07, 6.45) is 0. The van der Waals surface area contributed by atoms with Crippen LogP contribution in [0, 0.1) is 5.82 Å². The number of hydrogen-bond donors (Lipinski definition) is 1. The monoisotopic (exact) mass is 401 g/mol. The highest BCUT2D eigenvalue weighted by Crippen LogP contribution is 2.26. The molecule has 1 saturated heterocycles. The van der Waals surface area contributed by atoms with E-state index in [9.17, 15) is 14.0 Å². The van der Waals surface area contributed by atoms with Crippen LogP contribution in [0.2, 0.25) is 0 Å². The zero-order valence-corrected chi connectivity index (χ0v) is 16.0. The maximum absolute atomic E-state index is 13.6. The number of ether oxygens (including phenoxy) is 1. The second-order valence-corrected chi connectivity index (χ2v) is 7.54. The largest absolute Gasteiger partial charge is 0.378 e. The smallest absolute Gasteiger partial charge is 0.268 e. The Bertz CT molecular complexity index is 1010. The zero-order valence-electron chi connectivity index (χ0n) is 15.2. The third-order valence-corrected chi connectivity index (χ3v) is 5.60. The van der Waals surface area contributed by atoms with Crippen LogP contribution < -0.4 is 5.32 Å². The van der Waals surface area contributed by atoms with Crippen molar-refractivity contribution < 1.29 is 18.7 Å². The van der Waals surface area contributed by atoms with Gasteiger partial charge in [0.15, 0.2) is 0 Å². The summed E-state index contributed by atoms with van der Waals surface area (Å²) < 4.78 is 21.6. The van der Waals surface area contributed by atoms with E-state index in [1.165, 1.54) is 23.5 Å². The molecule has 0 aliphatic carbocycles. The highest BCUT2D eigenvalue weighted by molar-refractivity contribution is 7.17. The number of thiophene rings is 1. The molecule has 2 amide bonds. The minimum absolute atomic E-state index is 0.0579. The normalized spacial score (nSPS) is 14.4. The van der Waals surface area contributed by atoms with Crippen molar-refractivity contribution in [1.29, 1.82) is 0 Å². The van der Waals surface area contributed by atoms with Crippen LogP contribution in [0.5, 0.6) is 0 Å². The maximum atomic E-state index is 13.6. The van der Waals surface area contributed by atoms with E-state index in [2.05, 4.69) is 5.32 Å². The van der Waals surface area contributed by atoms with Crippen LogP contribution >= 0.6 is 11.3 Å². The first-order valence-electron chi connectivity index (χ1n) is 9.07. The van der Waals surface area contributed by atoms with Crippen LogP contribution in [-0.2, 0) is 16.1 Å². The molecule has 3 aromatic rings. The van der Waals surface area contributed by atoms with Crippen molar-refractivity contribution in [2.75, 3.05) is 32.8 Å². The fourth-order valence-corrected chi connectivity index (χ4v) is 4.15. The number of fused-ring (bicyclic) bond motifs is 1. The van der Waals surface area contributed by atoms with Gasteiger partial charge in [0.05, 0.1) is 30.0 Å². The number of hydrogen-bond acceptors (Lipinski definition) is 4. The topological polar surface area (TPSA) is 63.6 Å². The van der Waals surface area contributed by atoms with Crippen molar-refractivity contribution in [2.45, 2.75) is 6.54 Å². The summed E-state index contributed by atoms with van der Waals surface area (Å²) >= 11 is 1.54. The van der Waals surface area contributed by atoms with E-state index >= 15 is 0 Å². The van der Waals surface area contributed by atoms with Crippen LogP contribution in [0.25, 0.3) is 10.2 Å². The lowest BCUT2D eigenvalue weighted by Crippen LogP contribution is -2.45. The molecule has 1 aromatic carbocycles. The van der Waals surface area contributed by atoms with E-state index in [1.54, 1.807) is 11.0 Å². The molecule has 28 heavy (non-hydrogen) atoms. The summed E-state index contributed by atoms with van der Waals surface area (Å²) in [4.78, 5) is 26.7. The molecule has 6 nitrogen and oxygen atoms in total. The van der Waals surface area contributed by atoms with E-state index in [4.69, 9.17) is 4.74 Å². The Morgan fingerprint density at radius 1 is 1.18 bits per heavy atom. The van der Waals surface area contributed by atoms with Crippen molar-refractivity contribution in [3.05, 3.63) is 58.9 Å². The number of carbonyl (C=O) groups excluding carboxylic acids is 2. The maximum Gasteiger partial charge on any atom is 0.268 e. The molecular formula is C20H20FN3O3S. The molecule has 1 N–H and O–H groups in total. The standard InChI is InChI=1S/C20H20FN3O3S/c21-15-3-1-2-14(10-15)13-24-16-4-9-28-18(16)11-17(24)20(26)22-12-19(25)23-5-7-27-8-6-23/h1-4,9-11H,5-8,12-13H2,(H,22,26). The predicted molar refractivity (Wildman–Crippen MR) is 105 cm³/mol. The first-order valence-corrected chi connectivity index (χ1v) is 9.94. The lowest BCUT2D eigenvalue weighted by molar-refractivity contribution is -0.134. The molecule has 8 heteroatoms. The second-order valence-electron chi connectivity index (χ2n) is 6.59.